The molecule has 1 amide bonds. The highest BCUT2D eigenvalue weighted by atomic mass is 16.6. The average Bonchev–Trinajstić information content (AvgIpc) is 2.35. The number of ether oxygens (including phenoxy) is 3. The van der Waals surface area contributed by atoms with Gasteiger partial charge in [-0.1, -0.05) is 0 Å². The molecular formula is C14H19NO4. The van der Waals surface area contributed by atoms with Crippen molar-refractivity contribution in [2.24, 2.45) is 0 Å². The van der Waals surface area contributed by atoms with E-state index in [-0.39, 0.29) is 6.09 Å². The first-order valence-corrected chi connectivity index (χ1v) is 6.22. The molecule has 0 aromatic heterocycles. The van der Waals surface area contributed by atoms with Crippen LogP contribution in [-0.2, 0) is 4.74 Å². The number of nitrogens with zero attached hydrogens (tertiary/aromatic N) is 1. The van der Waals surface area contributed by atoms with E-state index in [1.807, 2.05) is 20.8 Å². The SMILES string of the molecule is COc1ccc2c(c1)N(C(=O)OC(C)(C)C)CCO2. The van der Waals surface area contributed by atoms with Crippen LogP contribution >= 0.6 is 0 Å². The van der Waals surface area contributed by atoms with Crippen LogP contribution < -0.4 is 14.4 Å². The van der Waals surface area contributed by atoms with Crippen LogP contribution in [0.15, 0.2) is 18.2 Å². The van der Waals surface area contributed by atoms with Crippen molar-refractivity contribution in [1.29, 1.82) is 0 Å². The molecule has 1 aliphatic heterocycles. The third kappa shape index (κ3) is 3.10. The molecule has 5 heteroatoms. The molecule has 0 saturated heterocycles. The molecule has 0 radical (unpaired) electrons. The Bertz CT molecular complexity index is 479. The molecule has 1 aromatic rings. The van der Waals surface area contributed by atoms with Crippen LogP contribution in [-0.4, -0.2) is 32.0 Å². The summed E-state index contributed by atoms with van der Waals surface area (Å²) in [5.41, 5.74) is 0.161. The molecule has 0 spiro atoms. The zero-order chi connectivity index (χ0) is 14.0. The molecule has 2 rings (SSSR count). The molecule has 0 saturated carbocycles. The van der Waals surface area contributed by atoms with Crippen molar-refractivity contribution in [3.8, 4) is 11.5 Å². The van der Waals surface area contributed by atoms with Crippen LogP contribution in [0, 0.1) is 0 Å². The predicted octanol–water partition coefficient (Wildman–Crippen LogP) is 2.83. The van der Waals surface area contributed by atoms with Gasteiger partial charge in [0.1, 0.15) is 23.7 Å². The topological polar surface area (TPSA) is 48.0 Å². The van der Waals surface area contributed by atoms with E-state index in [2.05, 4.69) is 0 Å². The number of carbonyl (C=O) groups is 1. The fraction of sp³-hybridized carbons (Fsp3) is 0.500. The van der Waals surface area contributed by atoms with Gasteiger partial charge in [-0.3, -0.25) is 4.90 Å². The fourth-order valence-electron chi connectivity index (χ4n) is 1.83. The van der Waals surface area contributed by atoms with E-state index in [0.29, 0.717) is 30.3 Å². The Labute approximate surface area is 113 Å². The smallest absolute Gasteiger partial charge is 0.415 e. The maximum atomic E-state index is 12.2. The molecule has 0 atom stereocenters. The Morgan fingerprint density at radius 3 is 2.74 bits per heavy atom. The summed E-state index contributed by atoms with van der Waals surface area (Å²) in [7, 11) is 1.59. The number of amides is 1. The second kappa shape index (κ2) is 4.99. The van der Waals surface area contributed by atoms with Crippen molar-refractivity contribution in [3.63, 3.8) is 0 Å². The Kier molecular flexibility index (Phi) is 3.55. The van der Waals surface area contributed by atoms with Gasteiger partial charge in [-0.05, 0) is 32.9 Å². The Morgan fingerprint density at radius 2 is 2.11 bits per heavy atom. The minimum atomic E-state index is -0.519. The molecule has 1 heterocycles. The lowest BCUT2D eigenvalue weighted by atomic mass is 10.2. The van der Waals surface area contributed by atoms with Crippen LogP contribution in [0.3, 0.4) is 0 Å². The van der Waals surface area contributed by atoms with Gasteiger partial charge in [0.15, 0.2) is 0 Å². The highest BCUT2D eigenvalue weighted by molar-refractivity contribution is 5.90. The minimum Gasteiger partial charge on any atom is -0.497 e. The summed E-state index contributed by atoms with van der Waals surface area (Å²) in [4.78, 5) is 13.8. The standard InChI is InChI=1S/C14H19NO4/c1-14(2,3)19-13(16)15-7-8-18-12-6-5-10(17-4)9-11(12)15/h5-6,9H,7-8H2,1-4H3. The van der Waals surface area contributed by atoms with E-state index < -0.39 is 5.60 Å². The molecule has 0 unspecified atom stereocenters. The maximum absolute atomic E-state index is 12.2. The Balaban J connectivity index is 2.28. The van der Waals surface area contributed by atoms with E-state index in [0.717, 1.165) is 0 Å². The number of methoxy groups -OCH3 is 1. The van der Waals surface area contributed by atoms with E-state index in [4.69, 9.17) is 14.2 Å². The molecule has 0 fully saturated rings. The molecule has 104 valence electrons. The number of rotatable bonds is 1. The Hall–Kier alpha value is -1.91. The molecule has 0 aliphatic carbocycles. The summed E-state index contributed by atoms with van der Waals surface area (Å²) >= 11 is 0. The number of benzene rings is 1. The first kappa shape index (κ1) is 13.5. The lowest BCUT2D eigenvalue weighted by Gasteiger charge is -2.31. The van der Waals surface area contributed by atoms with Gasteiger partial charge in [-0.2, -0.15) is 0 Å². The summed E-state index contributed by atoms with van der Waals surface area (Å²) in [6, 6.07) is 5.38. The van der Waals surface area contributed by atoms with Gasteiger partial charge >= 0.3 is 6.09 Å². The van der Waals surface area contributed by atoms with Gasteiger partial charge in [-0.15, -0.1) is 0 Å². The van der Waals surface area contributed by atoms with Gasteiger partial charge < -0.3 is 14.2 Å². The van der Waals surface area contributed by atoms with Crippen molar-refractivity contribution in [1.82, 2.24) is 0 Å². The third-order valence-corrected chi connectivity index (χ3v) is 2.64. The van der Waals surface area contributed by atoms with Crippen molar-refractivity contribution in [2.45, 2.75) is 26.4 Å². The molecule has 0 N–H and O–H groups in total. The second-order valence-electron chi connectivity index (χ2n) is 5.31. The van der Waals surface area contributed by atoms with Gasteiger partial charge in [0.25, 0.3) is 0 Å². The first-order chi connectivity index (χ1) is 8.90. The molecule has 0 bridgehead atoms. The molecule has 19 heavy (non-hydrogen) atoms. The van der Waals surface area contributed by atoms with Gasteiger partial charge in [0.05, 0.1) is 19.3 Å². The number of carbonyl (C=O) groups excluding carboxylic acids is 1. The zero-order valence-corrected chi connectivity index (χ0v) is 11.7. The van der Waals surface area contributed by atoms with E-state index in [1.54, 1.807) is 30.2 Å². The maximum Gasteiger partial charge on any atom is 0.415 e. The van der Waals surface area contributed by atoms with Crippen LogP contribution in [0.4, 0.5) is 10.5 Å². The quantitative estimate of drug-likeness (QED) is 0.783. The fourth-order valence-corrected chi connectivity index (χ4v) is 1.83. The second-order valence-corrected chi connectivity index (χ2v) is 5.31. The van der Waals surface area contributed by atoms with Crippen molar-refractivity contribution >= 4 is 11.8 Å². The Morgan fingerprint density at radius 1 is 1.37 bits per heavy atom. The normalized spacial score (nSPS) is 14.4. The van der Waals surface area contributed by atoms with Gasteiger partial charge in [0, 0.05) is 6.07 Å². The summed E-state index contributed by atoms with van der Waals surface area (Å²) in [5.74, 6) is 1.34. The van der Waals surface area contributed by atoms with Crippen LogP contribution in [0.1, 0.15) is 20.8 Å². The lowest BCUT2D eigenvalue weighted by molar-refractivity contribution is 0.0568. The number of fused-ring (bicyclic) bond motifs is 1. The number of anilines is 1. The average molecular weight is 265 g/mol. The highest BCUT2D eigenvalue weighted by Gasteiger charge is 2.28. The third-order valence-electron chi connectivity index (χ3n) is 2.64. The summed E-state index contributed by atoms with van der Waals surface area (Å²) < 4.78 is 16.1. The van der Waals surface area contributed by atoms with E-state index in [9.17, 15) is 4.79 Å². The van der Waals surface area contributed by atoms with Crippen LogP contribution in [0.5, 0.6) is 11.5 Å². The number of hydrogen-bond acceptors (Lipinski definition) is 4. The summed E-state index contributed by atoms with van der Waals surface area (Å²) in [6.45, 7) is 6.46. The zero-order valence-electron chi connectivity index (χ0n) is 11.7. The first-order valence-electron chi connectivity index (χ1n) is 6.22. The van der Waals surface area contributed by atoms with E-state index in [1.165, 1.54) is 0 Å². The summed E-state index contributed by atoms with van der Waals surface area (Å²) in [6.07, 6.45) is -0.370. The molecule has 1 aliphatic rings. The summed E-state index contributed by atoms with van der Waals surface area (Å²) in [5, 5.41) is 0. The monoisotopic (exact) mass is 265 g/mol. The van der Waals surface area contributed by atoms with Crippen LogP contribution in [0.25, 0.3) is 0 Å². The van der Waals surface area contributed by atoms with Gasteiger partial charge in [-0.25, -0.2) is 4.79 Å². The van der Waals surface area contributed by atoms with E-state index >= 15 is 0 Å². The lowest BCUT2D eigenvalue weighted by Crippen LogP contribution is -2.41. The molecule has 1 aromatic carbocycles. The number of hydrogen-bond donors (Lipinski definition) is 0. The van der Waals surface area contributed by atoms with Crippen molar-refractivity contribution in [2.75, 3.05) is 25.2 Å². The highest BCUT2D eigenvalue weighted by Crippen LogP contribution is 2.35. The van der Waals surface area contributed by atoms with Crippen LogP contribution in [0.2, 0.25) is 0 Å². The largest absolute Gasteiger partial charge is 0.497 e. The predicted molar refractivity (Wildman–Crippen MR) is 72.1 cm³/mol. The van der Waals surface area contributed by atoms with Gasteiger partial charge in [0.2, 0.25) is 0 Å². The van der Waals surface area contributed by atoms with Crippen molar-refractivity contribution in [3.05, 3.63) is 18.2 Å². The molecular weight excluding hydrogens is 246 g/mol. The van der Waals surface area contributed by atoms with Crippen molar-refractivity contribution < 1.29 is 19.0 Å². The minimum absolute atomic E-state index is 0.370. The molecule has 5 nitrogen and oxygen atoms in total.